The van der Waals surface area contributed by atoms with Gasteiger partial charge in [-0.25, -0.2) is 18.2 Å². The molecule has 1 atom stereocenters. The van der Waals surface area contributed by atoms with Crippen molar-refractivity contribution in [2.45, 2.75) is 25.6 Å². The molecular weight excluding hydrogens is 354 g/mol. The van der Waals surface area contributed by atoms with Crippen LogP contribution in [0.15, 0.2) is 18.5 Å². The van der Waals surface area contributed by atoms with Gasteiger partial charge < -0.3 is 10.1 Å². The van der Waals surface area contributed by atoms with Crippen LogP contribution >= 0.6 is 0 Å². The maximum Gasteiger partial charge on any atom is 0.312 e. The molecule has 1 saturated heterocycles. The second-order valence-electron chi connectivity index (χ2n) is 5.86. The molecule has 136 valence electrons. The predicted molar refractivity (Wildman–Crippen MR) is 83.1 cm³/mol. The third kappa shape index (κ3) is 2.96. The van der Waals surface area contributed by atoms with Gasteiger partial charge in [-0.15, -0.1) is 0 Å². The van der Waals surface area contributed by atoms with Crippen molar-refractivity contribution in [2.75, 3.05) is 11.9 Å². The maximum absolute atomic E-state index is 13.8. The lowest BCUT2D eigenvalue weighted by Gasteiger charge is -2.12. The summed E-state index contributed by atoms with van der Waals surface area (Å²) in [5.41, 5.74) is 0.681. The fourth-order valence-corrected chi connectivity index (χ4v) is 2.90. The summed E-state index contributed by atoms with van der Waals surface area (Å²) in [4.78, 5) is 11.6. The molecule has 26 heavy (non-hydrogen) atoms. The van der Waals surface area contributed by atoms with E-state index in [2.05, 4.69) is 20.3 Å². The second-order valence-corrected chi connectivity index (χ2v) is 5.86. The first-order valence-corrected chi connectivity index (χ1v) is 7.92. The molecule has 2 aromatic heterocycles. The van der Waals surface area contributed by atoms with E-state index in [0.29, 0.717) is 12.1 Å². The van der Waals surface area contributed by atoms with E-state index in [-0.39, 0.29) is 29.8 Å². The van der Waals surface area contributed by atoms with Crippen LogP contribution in [0.25, 0.3) is 11.2 Å². The number of nitrogens with zero attached hydrogens (tertiary/aromatic N) is 4. The van der Waals surface area contributed by atoms with Gasteiger partial charge in [-0.05, 0) is 30.5 Å². The zero-order valence-corrected chi connectivity index (χ0v) is 13.3. The van der Waals surface area contributed by atoms with Crippen LogP contribution in [0.3, 0.4) is 0 Å². The van der Waals surface area contributed by atoms with Gasteiger partial charge in [-0.1, -0.05) is 0 Å². The first-order valence-electron chi connectivity index (χ1n) is 7.92. The molecular formula is C16H13F4N5O. The highest BCUT2D eigenvalue weighted by molar-refractivity contribution is 5.82. The number of nitrogens with one attached hydrogen (secondary N) is 1. The van der Waals surface area contributed by atoms with Gasteiger partial charge >= 0.3 is 6.08 Å². The van der Waals surface area contributed by atoms with E-state index in [1.807, 2.05) is 0 Å². The molecule has 0 bridgehead atoms. The molecule has 0 spiro atoms. The summed E-state index contributed by atoms with van der Waals surface area (Å²) in [5.74, 6) is -4.08. The van der Waals surface area contributed by atoms with Crippen LogP contribution in [0.2, 0.25) is 0 Å². The van der Waals surface area contributed by atoms with Crippen molar-refractivity contribution >= 4 is 17.0 Å². The van der Waals surface area contributed by atoms with E-state index in [9.17, 15) is 17.6 Å². The van der Waals surface area contributed by atoms with Gasteiger partial charge in [0, 0.05) is 13.2 Å². The number of imidazole rings is 1. The first kappa shape index (κ1) is 16.7. The average Bonchev–Trinajstić information content (AvgIpc) is 3.26. The minimum absolute atomic E-state index is 0.0642. The monoisotopic (exact) mass is 367 g/mol. The van der Waals surface area contributed by atoms with Crippen molar-refractivity contribution in [3.8, 4) is 0 Å². The van der Waals surface area contributed by atoms with Gasteiger partial charge in [0.2, 0.25) is 0 Å². The Balaban J connectivity index is 1.64. The number of rotatable bonds is 4. The molecule has 0 radical (unpaired) electrons. The van der Waals surface area contributed by atoms with Gasteiger partial charge in [0.1, 0.15) is 6.23 Å². The van der Waals surface area contributed by atoms with E-state index in [1.165, 1.54) is 6.33 Å². The summed E-state index contributed by atoms with van der Waals surface area (Å²) in [5, 5.41) is 2.76. The number of halogens is 4. The van der Waals surface area contributed by atoms with Crippen molar-refractivity contribution < 1.29 is 22.3 Å². The summed E-state index contributed by atoms with van der Waals surface area (Å²) < 4.78 is 60.6. The third-order valence-corrected chi connectivity index (χ3v) is 4.11. The fraction of sp³-hybridized carbons (Fsp3) is 0.312. The van der Waals surface area contributed by atoms with Gasteiger partial charge in [-0.3, -0.25) is 4.57 Å². The lowest BCUT2D eigenvalue weighted by Crippen LogP contribution is -2.09. The minimum Gasteiger partial charge on any atom is -0.364 e. The van der Waals surface area contributed by atoms with Crippen molar-refractivity contribution in [3.05, 3.63) is 47.6 Å². The smallest absolute Gasteiger partial charge is 0.312 e. The lowest BCUT2D eigenvalue weighted by molar-refractivity contribution is 0.0592. The molecule has 1 aromatic carbocycles. The van der Waals surface area contributed by atoms with Crippen LogP contribution in [0.1, 0.15) is 24.6 Å². The van der Waals surface area contributed by atoms with Gasteiger partial charge in [-0.2, -0.15) is 14.4 Å². The number of hydrogen-bond donors (Lipinski definition) is 1. The number of hydrogen-bond acceptors (Lipinski definition) is 5. The van der Waals surface area contributed by atoms with Crippen LogP contribution < -0.4 is 5.32 Å². The Morgan fingerprint density at radius 2 is 1.92 bits per heavy atom. The highest BCUT2D eigenvalue weighted by Gasteiger charge is 2.22. The Hall–Kier alpha value is -2.75. The van der Waals surface area contributed by atoms with Gasteiger partial charge in [0.25, 0.3) is 0 Å². The summed E-state index contributed by atoms with van der Waals surface area (Å²) in [6.07, 6.45) is 1.87. The molecule has 0 amide bonds. The molecule has 3 heterocycles. The largest absolute Gasteiger partial charge is 0.364 e. The minimum atomic E-state index is -1.54. The first-order chi connectivity index (χ1) is 12.5. The molecule has 1 unspecified atom stereocenters. The quantitative estimate of drug-likeness (QED) is 0.435. The lowest BCUT2D eigenvalue weighted by atomic mass is 10.2. The van der Waals surface area contributed by atoms with Crippen LogP contribution in [-0.4, -0.2) is 26.1 Å². The summed E-state index contributed by atoms with van der Waals surface area (Å²) >= 11 is 0. The maximum atomic E-state index is 13.8. The summed E-state index contributed by atoms with van der Waals surface area (Å²) in [7, 11) is 0. The molecule has 1 aliphatic rings. The van der Waals surface area contributed by atoms with Crippen LogP contribution in [0.5, 0.6) is 0 Å². The van der Waals surface area contributed by atoms with Crippen LogP contribution in [-0.2, 0) is 11.3 Å². The van der Waals surface area contributed by atoms with Crippen LogP contribution in [0.4, 0.5) is 23.4 Å². The van der Waals surface area contributed by atoms with Crippen molar-refractivity contribution in [2.24, 2.45) is 0 Å². The number of aromatic nitrogens is 4. The third-order valence-electron chi connectivity index (χ3n) is 4.11. The molecule has 1 fully saturated rings. The molecule has 1 N–H and O–H groups in total. The Morgan fingerprint density at radius 3 is 2.62 bits per heavy atom. The van der Waals surface area contributed by atoms with E-state index in [4.69, 9.17) is 4.74 Å². The predicted octanol–water partition coefficient (Wildman–Crippen LogP) is 3.30. The molecule has 6 nitrogen and oxygen atoms in total. The Bertz CT molecular complexity index is 948. The fourth-order valence-electron chi connectivity index (χ4n) is 2.90. The number of anilines is 1. The van der Waals surface area contributed by atoms with Crippen molar-refractivity contribution in [1.82, 2.24) is 19.5 Å². The van der Waals surface area contributed by atoms with E-state index in [1.54, 1.807) is 4.57 Å². The molecule has 0 aliphatic carbocycles. The topological polar surface area (TPSA) is 64.9 Å². The van der Waals surface area contributed by atoms with E-state index >= 15 is 0 Å². The van der Waals surface area contributed by atoms with Crippen LogP contribution in [0, 0.1) is 23.5 Å². The van der Waals surface area contributed by atoms with Gasteiger partial charge in [0.15, 0.2) is 34.4 Å². The second kappa shape index (κ2) is 6.52. The Morgan fingerprint density at radius 1 is 1.15 bits per heavy atom. The average molecular weight is 367 g/mol. The Kier molecular flexibility index (Phi) is 4.19. The summed E-state index contributed by atoms with van der Waals surface area (Å²) in [6.45, 7) is 0.497. The molecule has 1 aliphatic heterocycles. The van der Waals surface area contributed by atoms with E-state index in [0.717, 1.165) is 25.0 Å². The zero-order chi connectivity index (χ0) is 18.3. The number of benzene rings is 1. The summed E-state index contributed by atoms with van der Waals surface area (Å²) in [6, 6.07) is 1.70. The normalized spacial score (nSPS) is 17.2. The highest BCUT2D eigenvalue weighted by Crippen LogP contribution is 2.28. The number of ether oxygens (including phenoxy) is 1. The SMILES string of the molecule is Fc1nc(NCc2cc(F)c(F)c(F)c2)c2ncn(C3CCCO3)c2n1. The van der Waals surface area contributed by atoms with Crippen molar-refractivity contribution in [3.63, 3.8) is 0 Å². The molecule has 10 heteroatoms. The highest BCUT2D eigenvalue weighted by atomic mass is 19.2. The van der Waals surface area contributed by atoms with Crippen molar-refractivity contribution in [1.29, 1.82) is 0 Å². The van der Waals surface area contributed by atoms with Gasteiger partial charge in [0.05, 0.1) is 6.33 Å². The standard InChI is InChI=1S/C16H13F4N5O/c17-9-4-8(5-10(18)12(9)19)6-21-14-13-15(24-16(20)23-14)25(7-22-13)11-2-1-3-26-11/h4-5,7,11H,1-3,6H2,(H,21,23,24). The zero-order valence-electron chi connectivity index (χ0n) is 13.3. The Labute approximate surface area is 144 Å². The number of fused-ring (bicyclic) bond motifs is 1. The van der Waals surface area contributed by atoms with E-state index < -0.39 is 23.5 Å². The molecule has 4 rings (SSSR count). The molecule has 0 saturated carbocycles. The molecule has 3 aromatic rings.